The van der Waals surface area contributed by atoms with Crippen molar-refractivity contribution in [2.24, 2.45) is 0 Å². The second kappa shape index (κ2) is 7.77. The smallest absolute Gasteiger partial charge is 0.244 e. The van der Waals surface area contributed by atoms with E-state index in [-0.39, 0.29) is 5.91 Å². The van der Waals surface area contributed by atoms with Gasteiger partial charge in [-0.25, -0.2) is 0 Å². The van der Waals surface area contributed by atoms with Crippen molar-refractivity contribution in [2.45, 2.75) is 53.0 Å². The van der Waals surface area contributed by atoms with Crippen LogP contribution in [0.15, 0.2) is 48.7 Å². The van der Waals surface area contributed by atoms with E-state index in [0.29, 0.717) is 12.5 Å². The van der Waals surface area contributed by atoms with Gasteiger partial charge < -0.3 is 9.88 Å². The molecule has 3 nitrogen and oxygen atoms in total. The zero-order valence-electron chi connectivity index (χ0n) is 16.2. The highest BCUT2D eigenvalue weighted by Crippen LogP contribution is 2.24. The van der Waals surface area contributed by atoms with Crippen LogP contribution in [0.4, 0.5) is 5.69 Å². The first kappa shape index (κ1) is 18.2. The van der Waals surface area contributed by atoms with E-state index < -0.39 is 0 Å². The summed E-state index contributed by atoms with van der Waals surface area (Å²) in [5.74, 6) is 0.523. The molecule has 1 N–H and O–H groups in total. The minimum absolute atomic E-state index is 0.0195. The van der Waals surface area contributed by atoms with E-state index in [9.17, 15) is 4.79 Å². The van der Waals surface area contributed by atoms with Crippen LogP contribution < -0.4 is 5.32 Å². The molecular weight excluding hydrogens is 320 g/mol. The number of hydrogen-bond donors (Lipinski definition) is 1. The maximum atomic E-state index is 12.7. The molecule has 0 saturated heterocycles. The summed E-state index contributed by atoms with van der Waals surface area (Å²) in [7, 11) is 0. The zero-order chi connectivity index (χ0) is 18.7. The van der Waals surface area contributed by atoms with E-state index >= 15 is 0 Å². The summed E-state index contributed by atoms with van der Waals surface area (Å²) >= 11 is 0. The first-order chi connectivity index (χ1) is 12.5. The van der Waals surface area contributed by atoms with Crippen LogP contribution >= 0.6 is 0 Å². The SMILES string of the molecule is CCc1cccc(CC)c1NC(=O)Cn1ccc2cc(C(C)C)ccc21. The molecule has 0 fully saturated rings. The van der Waals surface area contributed by atoms with Gasteiger partial charge >= 0.3 is 0 Å². The molecule has 136 valence electrons. The van der Waals surface area contributed by atoms with Gasteiger partial charge in [-0.3, -0.25) is 4.79 Å². The third-order valence-electron chi connectivity index (χ3n) is 5.04. The van der Waals surface area contributed by atoms with Gasteiger partial charge in [0.15, 0.2) is 0 Å². The number of para-hydroxylation sites is 1. The lowest BCUT2D eigenvalue weighted by Gasteiger charge is -2.15. The molecule has 2 aromatic carbocycles. The molecule has 26 heavy (non-hydrogen) atoms. The van der Waals surface area contributed by atoms with Crippen LogP contribution in [-0.4, -0.2) is 10.5 Å². The van der Waals surface area contributed by atoms with E-state index in [4.69, 9.17) is 0 Å². The molecule has 0 aliphatic rings. The van der Waals surface area contributed by atoms with E-state index in [1.54, 1.807) is 0 Å². The monoisotopic (exact) mass is 348 g/mol. The number of benzene rings is 2. The molecule has 0 atom stereocenters. The van der Waals surface area contributed by atoms with Crippen LogP contribution in [0.5, 0.6) is 0 Å². The molecule has 1 aromatic heterocycles. The molecule has 0 spiro atoms. The molecule has 0 aliphatic heterocycles. The molecule has 0 unspecified atom stereocenters. The van der Waals surface area contributed by atoms with E-state index in [0.717, 1.165) is 24.0 Å². The lowest BCUT2D eigenvalue weighted by atomic mass is 10.0. The number of rotatable bonds is 6. The summed E-state index contributed by atoms with van der Waals surface area (Å²) in [6.45, 7) is 8.96. The molecule has 1 heterocycles. The molecule has 0 aliphatic carbocycles. The third kappa shape index (κ3) is 3.67. The molecule has 0 bridgehead atoms. The Bertz CT molecular complexity index is 899. The van der Waals surface area contributed by atoms with Crippen LogP contribution in [0.2, 0.25) is 0 Å². The summed E-state index contributed by atoms with van der Waals surface area (Å²) in [5, 5.41) is 4.34. The van der Waals surface area contributed by atoms with Gasteiger partial charge in [-0.1, -0.05) is 52.0 Å². The summed E-state index contributed by atoms with van der Waals surface area (Å²) < 4.78 is 2.02. The van der Waals surface area contributed by atoms with Gasteiger partial charge in [-0.2, -0.15) is 0 Å². The fourth-order valence-electron chi connectivity index (χ4n) is 3.45. The molecule has 1 amide bonds. The number of anilines is 1. The number of amides is 1. The van der Waals surface area contributed by atoms with Crippen molar-refractivity contribution in [1.29, 1.82) is 0 Å². The lowest BCUT2D eigenvalue weighted by Crippen LogP contribution is -2.20. The molecule has 0 radical (unpaired) electrons. The third-order valence-corrected chi connectivity index (χ3v) is 5.04. The van der Waals surface area contributed by atoms with Crippen molar-refractivity contribution in [1.82, 2.24) is 4.57 Å². The maximum Gasteiger partial charge on any atom is 0.244 e. The van der Waals surface area contributed by atoms with Crippen molar-refractivity contribution in [2.75, 3.05) is 5.32 Å². The number of aromatic nitrogens is 1. The molecule has 3 heteroatoms. The molecule has 3 rings (SSSR count). The highest BCUT2D eigenvalue weighted by molar-refractivity contribution is 5.93. The van der Waals surface area contributed by atoms with Crippen LogP contribution in [-0.2, 0) is 24.2 Å². The van der Waals surface area contributed by atoms with Crippen molar-refractivity contribution in [3.63, 3.8) is 0 Å². The standard InChI is InChI=1S/C23H28N2O/c1-5-17-8-7-9-18(6-2)23(17)24-22(26)15-25-13-12-20-14-19(16(3)4)10-11-21(20)25/h7-14,16H,5-6,15H2,1-4H3,(H,24,26). The predicted molar refractivity (Wildman–Crippen MR) is 110 cm³/mol. The largest absolute Gasteiger partial charge is 0.338 e. The number of nitrogens with one attached hydrogen (secondary N) is 1. The first-order valence-electron chi connectivity index (χ1n) is 9.52. The van der Waals surface area contributed by atoms with Crippen molar-refractivity contribution >= 4 is 22.5 Å². The number of aryl methyl sites for hydroxylation is 2. The van der Waals surface area contributed by atoms with E-state index in [2.05, 4.69) is 75.5 Å². The van der Waals surface area contributed by atoms with E-state index in [1.807, 2.05) is 10.8 Å². The van der Waals surface area contributed by atoms with Gasteiger partial charge in [0, 0.05) is 17.4 Å². The summed E-state index contributed by atoms with van der Waals surface area (Å²) in [6.07, 6.45) is 3.82. The van der Waals surface area contributed by atoms with Gasteiger partial charge in [-0.05, 0) is 59.0 Å². The number of carbonyl (C=O) groups excluding carboxylic acids is 1. The minimum atomic E-state index is 0.0195. The Morgan fingerprint density at radius 1 is 1.04 bits per heavy atom. The normalized spacial score (nSPS) is 11.3. The fourth-order valence-corrected chi connectivity index (χ4v) is 3.45. The number of fused-ring (bicyclic) bond motifs is 1. The number of carbonyl (C=O) groups is 1. The highest BCUT2D eigenvalue weighted by Gasteiger charge is 2.12. The summed E-state index contributed by atoms with van der Waals surface area (Å²) in [4.78, 5) is 12.7. The fraction of sp³-hybridized carbons (Fsp3) is 0.348. The maximum absolute atomic E-state index is 12.7. The Balaban J connectivity index is 1.82. The van der Waals surface area contributed by atoms with Crippen LogP contribution in [0.3, 0.4) is 0 Å². The van der Waals surface area contributed by atoms with Gasteiger partial charge in [0.05, 0.1) is 0 Å². The highest BCUT2D eigenvalue weighted by atomic mass is 16.1. The lowest BCUT2D eigenvalue weighted by molar-refractivity contribution is -0.116. The van der Waals surface area contributed by atoms with Gasteiger partial charge in [-0.15, -0.1) is 0 Å². The second-order valence-electron chi connectivity index (χ2n) is 7.12. The second-order valence-corrected chi connectivity index (χ2v) is 7.12. The Kier molecular flexibility index (Phi) is 5.46. The Morgan fingerprint density at radius 2 is 1.73 bits per heavy atom. The minimum Gasteiger partial charge on any atom is -0.338 e. The number of hydrogen-bond acceptors (Lipinski definition) is 1. The van der Waals surface area contributed by atoms with Crippen molar-refractivity contribution in [3.8, 4) is 0 Å². The average molecular weight is 348 g/mol. The first-order valence-corrected chi connectivity index (χ1v) is 9.52. The Labute approximate surface area is 156 Å². The van der Waals surface area contributed by atoms with Crippen molar-refractivity contribution < 1.29 is 4.79 Å². The zero-order valence-corrected chi connectivity index (χ0v) is 16.2. The van der Waals surface area contributed by atoms with Gasteiger partial charge in [0.25, 0.3) is 0 Å². The summed E-state index contributed by atoms with van der Waals surface area (Å²) in [5.41, 5.74) is 5.79. The van der Waals surface area contributed by atoms with Gasteiger partial charge in [0.2, 0.25) is 5.91 Å². The predicted octanol–water partition coefficient (Wildman–Crippen LogP) is 5.53. The Morgan fingerprint density at radius 3 is 2.35 bits per heavy atom. The summed E-state index contributed by atoms with van der Waals surface area (Å²) in [6, 6.07) is 14.8. The van der Waals surface area contributed by atoms with Crippen LogP contribution in [0, 0.1) is 0 Å². The topological polar surface area (TPSA) is 34.0 Å². The number of nitrogens with zero attached hydrogens (tertiary/aromatic N) is 1. The molecule has 3 aromatic rings. The Hall–Kier alpha value is -2.55. The molecular formula is C23H28N2O. The van der Waals surface area contributed by atoms with Gasteiger partial charge in [0.1, 0.15) is 6.54 Å². The van der Waals surface area contributed by atoms with Crippen LogP contribution in [0.25, 0.3) is 10.9 Å². The quantitative estimate of drug-likeness (QED) is 0.624. The molecule has 0 saturated carbocycles. The van der Waals surface area contributed by atoms with E-state index in [1.165, 1.54) is 22.1 Å². The average Bonchev–Trinajstić information content (AvgIpc) is 3.03. The van der Waals surface area contributed by atoms with Crippen molar-refractivity contribution in [3.05, 3.63) is 65.4 Å². The van der Waals surface area contributed by atoms with Crippen LogP contribution in [0.1, 0.15) is 50.3 Å².